The number of aliphatic hydroxyl groups is 1. The highest BCUT2D eigenvalue weighted by atomic mass is 16.5. The SMILES string of the molecule is CCOCCn1nc(C)cc1C(=O)N1CCOC[C@](O)(CN2CCCC2)C1. The molecule has 0 spiro atoms. The van der Waals surface area contributed by atoms with E-state index in [1.807, 2.05) is 13.8 Å². The van der Waals surface area contributed by atoms with Gasteiger partial charge in [0.1, 0.15) is 11.3 Å². The normalized spacial score (nSPS) is 24.3. The first kappa shape index (κ1) is 20.3. The van der Waals surface area contributed by atoms with Crippen molar-refractivity contribution in [1.29, 1.82) is 0 Å². The Morgan fingerprint density at radius 2 is 2.15 bits per heavy atom. The van der Waals surface area contributed by atoms with Crippen LogP contribution in [0.25, 0.3) is 0 Å². The molecule has 0 bridgehead atoms. The van der Waals surface area contributed by atoms with Crippen LogP contribution in [-0.4, -0.2) is 95.3 Å². The molecule has 0 saturated carbocycles. The topological polar surface area (TPSA) is 80.1 Å². The molecule has 1 aromatic heterocycles. The van der Waals surface area contributed by atoms with Crippen molar-refractivity contribution in [2.45, 2.75) is 38.8 Å². The van der Waals surface area contributed by atoms with E-state index in [2.05, 4.69) is 10.00 Å². The number of nitrogens with zero attached hydrogens (tertiary/aromatic N) is 4. The molecular formula is C19H32N4O4. The minimum atomic E-state index is -1.04. The first-order chi connectivity index (χ1) is 13.0. The Hall–Kier alpha value is -1.48. The number of hydrogen-bond acceptors (Lipinski definition) is 6. The summed E-state index contributed by atoms with van der Waals surface area (Å²) in [4.78, 5) is 17.2. The number of amides is 1. The van der Waals surface area contributed by atoms with Gasteiger partial charge in [0, 0.05) is 19.7 Å². The lowest BCUT2D eigenvalue weighted by atomic mass is 10.0. The summed E-state index contributed by atoms with van der Waals surface area (Å²) in [6.07, 6.45) is 2.33. The number of aryl methyl sites for hydroxylation is 1. The second kappa shape index (κ2) is 9.14. The zero-order valence-electron chi connectivity index (χ0n) is 16.5. The monoisotopic (exact) mass is 380 g/mol. The average molecular weight is 380 g/mol. The highest BCUT2D eigenvalue weighted by Gasteiger charge is 2.37. The number of likely N-dealkylation sites (tertiary alicyclic amines) is 1. The van der Waals surface area contributed by atoms with Crippen LogP contribution in [0.1, 0.15) is 35.9 Å². The summed E-state index contributed by atoms with van der Waals surface area (Å²) in [7, 11) is 0. The smallest absolute Gasteiger partial charge is 0.272 e. The standard InChI is InChI=1S/C19H32N4O4/c1-3-26-11-9-23-17(12-16(2)20-23)18(24)22-8-10-27-15-19(25,14-22)13-21-6-4-5-7-21/h12,25H,3-11,13-15H2,1-2H3/t19-/m0/s1. The van der Waals surface area contributed by atoms with E-state index in [4.69, 9.17) is 9.47 Å². The molecule has 2 aliphatic rings. The van der Waals surface area contributed by atoms with Crippen molar-refractivity contribution in [2.75, 3.05) is 59.2 Å². The van der Waals surface area contributed by atoms with E-state index in [1.165, 1.54) is 0 Å². The van der Waals surface area contributed by atoms with Gasteiger partial charge < -0.3 is 24.4 Å². The van der Waals surface area contributed by atoms with Gasteiger partial charge in [-0.25, -0.2) is 0 Å². The van der Waals surface area contributed by atoms with Crippen LogP contribution >= 0.6 is 0 Å². The molecule has 3 rings (SSSR count). The number of aromatic nitrogens is 2. The van der Waals surface area contributed by atoms with Crippen LogP contribution < -0.4 is 0 Å². The number of rotatable bonds is 7. The molecule has 0 aliphatic carbocycles. The Labute approximate surface area is 161 Å². The Bertz CT molecular complexity index is 629. The molecule has 2 fully saturated rings. The fourth-order valence-electron chi connectivity index (χ4n) is 3.89. The molecule has 2 aliphatic heterocycles. The van der Waals surface area contributed by atoms with E-state index in [-0.39, 0.29) is 19.1 Å². The van der Waals surface area contributed by atoms with Gasteiger partial charge in [0.05, 0.1) is 38.6 Å². The number of hydrogen-bond donors (Lipinski definition) is 1. The molecule has 3 heterocycles. The summed E-state index contributed by atoms with van der Waals surface area (Å²) in [5.41, 5.74) is 0.299. The minimum absolute atomic E-state index is 0.113. The molecule has 1 atom stereocenters. The first-order valence-electron chi connectivity index (χ1n) is 9.95. The lowest BCUT2D eigenvalue weighted by Gasteiger charge is -2.34. The summed E-state index contributed by atoms with van der Waals surface area (Å²) in [5, 5.41) is 15.6. The van der Waals surface area contributed by atoms with Crippen LogP contribution in [0.5, 0.6) is 0 Å². The molecule has 8 nitrogen and oxygen atoms in total. The molecule has 1 amide bonds. The highest BCUT2D eigenvalue weighted by molar-refractivity contribution is 5.92. The zero-order valence-corrected chi connectivity index (χ0v) is 16.5. The maximum absolute atomic E-state index is 13.2. The molecule has 2 saturated heterocycles. The molecule has 0 unspecified atom stereocenters. The molecule has 152 valence electrons. The lowest BCUT2D eigenvalue weighted by molar-refractivity contribution is -0.0525. The summed E-state index contributed by atoms with van der Waals surface area (Å²) in [6, 6.07) is 1.81. The van der Waals surface area contributed by atoms with Gasteiger partial charge in [0.15, 0.2) is 0 Å². The Balaban J connectivity index is 1.71. The third-order valence-electron chi connectivity index (χ3n) is 5.14. The summed E-state index contributed by atoms with van der Waals surface area (Å²) < 4.78 is 12.7. The van der Waals surface area contributed by atoms with Crippen molar-refractivity contribution in [1.82, 2.24) is 19.6 Å². The van der Waals surface area contributed by atoms with Crippen LogP contribution in [0.2, 0.25) is 0 Å². The van der Waals surface area contributed by atoms with Gasteiger partial charge in [-0.05, 0) is 45.8 Å². The molecule has 1 N–H and O–H groups in total. The third-order valence-corrected chi connectivity index (χ3v) is 5.14. The average Bonchev–Trinajstić information content (AvgIpc) is 3.21. The van der Waals surface area contributed by atoms with Gasteiger partial charge in [-0.3, -0.25) is 9.48 Å². The summed E-state index contributed by atoms with van der Waals surface area (Å²) in [6.45, 7) is 9.48. The Morgan fingerprint density at radius 1 is 1.37 bits per heavy atom. The van der Waals surface area contributed by atoms with Crippen molar-refractivity contribution < 1.29 is 19.4 Å². The minimum Gasteiger partial charge on any atom is -0.384 e. The van der Waals surface area contributed by atoms with Gasteiger partial charge >= 0.3 is 0 Å². The molecule has 0 aromatic carbocycles. The molecule has 0 radical (unpaired) electrons. The van der Waals surface area contributed by atoms with Gasteiger partial charge in [-0.15, -0.1) is 0 Å². The van der Waals surface area contributed by atoms with Crippen LogP contribution in [0.4, 0.5) is 0 Å². The molecule has 1 aromatic rings. The van der Waals surface area contributed by atoms with Gasteiger partial charge in [0.2, 0.25) is 0 Å². The lowest BCUT2D eigenvalue weighted by Crippen LogP contribution is -2.53. The van der Waals surface area contributed by atoms with Crippen LogP contribution in [0.15, 0.2) is 6.07 Å². The Kier molecular flexibility index (Phi) is 6.86. The van der Waals surface area contributed by atoms with Crippen molar-refractivity contribution >= 4 is 5.91 Å². The predicted molar refractivity (Wildman–Crippen MR) is 101 cm³/mol. The van der Waals surface area contributed by atoms with Crippen LogP contribution in [0, 0.1) is 6.92 Å². The number of ether oxygens (including phenoxy) is 2. The van der Waals surface area contributed by atoms with Crippen molar-refractivity contribution in [2.24, 2.45) is 0 Å². The van der Waals surface area contributed by atoms with Gasteiger partial charge in [0.25, 0.3) is 5.91 Å². The number of carbonyl (C=O) groups excluding carboxylic acids is 1. The molecule has 27 heavy (non-hydrogen) atoms. The largest absolute Gasteiger partial charge is 0.384 e. The van der Waals surface area contributed by atoms with E-state index >= 15 is 0 Å². The first-order valence-corrected chi connectivity index (χ1v) is 9.95. The van der Waals surface area contributed by atoms with Crippen LogP contribution in [-0.2, 0) is 16.0 Å². The van der Waals surface area contributed by atoms with E-state index in [1.54, 1.807) is 15.6 Å². The van der Waals surface area contributed by atoms with Crippen molar-refractivity contribution in [3.8, 4) is 0 Å². The van der Waals surface area contributed by atoms with Crippen LogP contribution in [0.3, 0.4) is 0 Å². The van der Waals surface area contributed by atoms with Gasteiger partial charge in [-0.1, -0.05) is 0 Å². The molecule has 8 heteroatoms. The van der Waals surface area contributed by atoms with E-state index in [9.17, 15) is 9.90 Å². The van der Waals surface area contributed by atoms with E-state index in [0.29, 0.717) is 45.1 Å². The van der Waals surface area contributed by atoms with E-state index in [0.717, 1.165) is 31.6 Å². The second-order valence-corrected chi connectivity index (χ2v) is 7.58. The maximum Gasteiger partial charge on any atom is 0.272 e. The summed E-state index contributed by atoms with van der Waals surface area (Å²) in [5.74, 6) is -0.113. The van der Waals surface area contributed by atoms with Crippen molar-refractivity contribution in [3.63, 3.8) is 0 Å². The zero-order chi connectivity index (χ0) is 19.3. The third kappa shape index (κ3) is 5.28. The predicted octanol–water partition coefficient (Wildman–Crippen LogP) is 0.527. The van der Waals surface area contributed by atoms with E-state index < -0.39 is 5.60 Å². The van der Waals surface area contributed by atoms with Gasteiger partial charge in [-0.2, -0.15) is 5.10 Å². The Morgan fingerprint density at radius 3 is 2.89 bits per heavy atom. The van der Waals surface area contributed by atoms with Crippen molar-refractivity contribution in [3.05, 3.63) is 17.5 Å². The molecular weight excluding hydrogens is 348 g/mol. The highest BCUT2D eigenvalue weighted by Crippen LogP contribution is 2.19. The second-order valence-electron chi connectivity index (χ2n) is 7.58. The summed E-state index contributed by atoms with van der Waals surface area (Å²) >= 11 is 0. The fourth-order valence-corrected chi connectivity index (χ4v) is 3.89. The quantitative estimate of drug-likeness (QED) is 0.695. The number of β-amino-alcohol motifs (C(OH)–C–C–N with tert-alkyl or cyclic N) is 1. The fraction of sp³-hybridized carbons (Fsp3) is 0.789. The number of carbonyl (C=O) groups is 1. The maximum atomic E-state index is 13.2.